The van der Waals surface area contributed by atoms with Gasteiger partial charge in [0.15, 0.2) is 0 Å². The lowest BCUT2D eigenvalue weighted by Gasteiger charge is -2.36. The second-order valence-corrected chi connectivity index (χ2v) is 10.6. The quantitative estimate of drug-likeness (QED) is 0.256. The number of amides is 2. The average Bonchev–Trinajstić information content (AvgIpc) is 2.96. The molecule has 2 aliphatic heterocycles. The first-order chi connectivity index (χ1) is 20.1. The maximum atomic E-state index is 12.7. The van der Waals surface area contributed by atoms with Crippen molar-refractivity contribution in [2.24, 2.45) is 0 Å². The van der Waals surface area contributed by atoms with Gasteiger partial charge in [-0.3, -0.25) is 4.90 Å². The topological polar surface area (TPSA) is 143 Å². The minimum Gasteiger partial charge on any atom is -0.495 e. The van der Waals surface area contributed by atoms with Gasteiger partial charge < -0.3 is 35.8 Å². The van der Waals surface area contributed by atoms with Crippen molar-refractivity contribution < 1.29 is 29.3 Å². The van der Waals surface area contributed by atoms with Gasteiger partial charge in [0.1, 0.15) is 5.75 Å². The lowest BCUT2D eigenvalue weighted by molar-refractivity contribution is -0.133. The number of carboxylic acid groups (broad SMARTS) is 2. The Bertz CT molecular complexity index is 1380. The van der Waals surface area contributed by atoms with Crippen LogP contribution in [-0.4, -0.2) is 79.5 Å². The number of halogens is 1. The van der Waals surface area contributed by atoms with Gasteiger partial charge in [-0.05, 0) is 56.6 Å². The van der Waals surface area contributed by atoms with Crippen molar-refractivity contribution in [1.29, 1.82) is 0 Å². The molecule has 5 N–H and O–H groups in total. The maximum absolute atomic E-state index is 12.7. The third-order valence-electron chi connectivity index (χ3n) is 7.53. The predicted octanol–water partition coefficient (Wildman–Crippen LogP) is 4.09. The van der Waals surface area contributed by atoms with Crippen LogP contribution in [0.2, 0.25) is 5.02 Å². The summed E-state index contributed by atoms with van der Waals surface area (Å²) in [5, 5.41) is 28.4. The molecule has 0 aliphatic carbocycles. The number of hydrogen-bond donors (Lipinski definition) is 5. The number of allylic oxidation sites excluding steroid dienone is 2. The number of methoxy groups -OCH3 is 1. The fourth-order valence-electron chi connectivity index (χ4n) is 5.49. The molecule has 0 unspecified atom stereocenters. The average molecular weight is 598 g/mol. The smallest absolute Gasteiger partial charge is 0.334 e. The van der Waals surface area contributed by atoms with Gasteiger partial charge in [0, 0.05) is 44.1 Å². The van der Waals surface area contributed by atoms with Crippen LogP contribution in [0.5, 0.6) is 5.75 Å². The van der Waals surface area contributed by atoms with E-state index in [1.165, 1.54) is 12.1 Å². The highest BCUT2D eigenvalue weighted by Gasteiger charge is 2.36. The molecule has 2 aromatic carbocycles. The third kappa shape index (κ3) is 6.97. The van der Waals surface area contributed by atoms with Crippen LogP contribution in [0, 0.1) is 0 Å². The summed E-state index contributed by atoms with van der Waals surface area (Å²) in [5.41, 5.74) is 2.26. The van der Waals surface area contributed by atoms with E-state index in [4.69, 9.17) is 16.3 Å². The predicted molar refractivity (Wildman–Crippen MR) is 161 cm³/mol. The Labute approximate surface area is 249 Å². The van der Waals surface area contributed by atoms with Gasteiger partial charge in [-0.1, -0.05) is 29.8 Å². The number of anilines is 2. The van der Waals surface area contributed by atoms with Crippen LogP contribution in [0.25, 0.3) is 0 Å². The van der Waals surface area contributed by atoms with E-state index in [0.717, 1.165) is 50.6 Å². The fourth-order valence-corrected chi connectivity index (χ4v) is 5.65. The first-order valence-electron chi connectivity index (χ1n) is 13.7. The lowest BCUT2D eigenvalue weighted by Crippen LogP contribution is -2.47. The molecule has 0 atom stereocenters. The van der Waals surface area contributed by atoms with Crippen molar-refractivity contribution in [2.45, 2.75) is 26.2 Å². The van der Waals surface area contributed by atoms with E-state index in [1.54, 1.807) is 27.0 Å². The zero-order valence-corrected chi connectivity index (χ0v) is 24.6. The van der Waals surface area contributed by atoms with Crippen LogP contribution in [0.15, 0.2) is 65.0 Å². The highest BCUT2D eigenvalue weighted by Crippen LogP contribution is 2.40. The molecule has 0 spiro atoms. The van der Waals surface area contributed by atoms with E-state index in [-0.39, 0.29) is 21.9 Å². The molecule has 4 rings (SSSR count). The number of ether oxygens (including phenoxy) is 1. The zero-order valence-electron chi connectivity index (χ0n) is 23.9. The van der Waals surface area contributed by atoms with Gasteiger partial charge >= 0.3 is 18.0 Å². The number of nitrogens with one attached hydrogen (secondary N) is 3. The van der Waals surface area contributed by atoms with Gasteiger partial charge in [0.2, 0.25) is 0 Å². The molecule has 11 nitrogen and oxygen atoms in total. The summed E-state index contributed by atoms with van der Waals surface area (Å²) in [5.74, 6) is -2.66. The summed E-state index contributed by atoms with van der Waals surface area (Å²) in [7, 11) is 1.68. The van der Waals surface area contributed by atoms with E-state index in [9.17, 15) is 24.6 Å². The van der Waals surface area contributed by atoms with E-state index in [1.807, 2.05) is 18.2 Å². The van der Waals surface area contributed by atoms with E-state index < -0.39 is 23.9 Å². The van der Waals surface area contributed by atoms with Crippen LogP contribution in [0.1, 0.15) is 31.7 Å². The molecule has 2 amide bonds. The number of nitrogens with zero attached hydrogens (tertiary/aromatic N) is 2. The number of aliphatic carboxylic acids is 2. The van der Waals surface area contributed by atoms with Crippen LogP contribution >= 0.6 is 11.6 Å². The van der Waals surface area contributed by atoms with Crippen molar-refractivity contribution >= 4 is 40.9 Å². The third-order valence-corrected chi connectivity index (χ3v) is 7.86. The highest BCUT2D eigenvalue weighted by atomic mass is 35.5. The molecule has 224 valence electrons. The minimum atomic E-state index is -1.24. The van der Waals surface area contributed by atoms with E-state index in [0.29, 0.717) is 23.5 Å². The normalized spacial score (nSPS) is 16.2. The monoisotopic (exact) mass is 597 g/mol. The number of piperazine rings is 1. The number of urea groups is 1. The molecule has 12 heteroatoms. The fraction of sp³-hybridized carbons (Fsp3) is 0.367. The van der Waals surface area contributed by atoms with Crippen LogP contribution in [0.3, 0.4) is 0 Å². The van der Waals surface area contributed by atoms with Crippen LogP contribution < -0.4 is 25.6 Å². The number of benzene rings is 2. The Morgan fingerprint density at radius 1 is 1.00 bits per heavy atom. The van der Waals surface area contributed by atoms with Crippen molar-refractivity contribution in [2.75, 3.05) is 56.6 Å². The van der Waals surface area contributed by atoms with Gasteiger partial charge in [0.05, 0.1) is 40.6 Å². The van der Waals surface area contributed by atoms with E-state index >= 15 is 0 Å². The van der Waals surface area contributed by atoms with Crippen LogP contribution in [-0.2, 0) is 9.59 Å². The summed E-state index contributed by atoms with van der Waals surface area (Å²) in [6.45, 7) is 8.03. The number of carboxylic acids is 2. The first-order valence-corrected chi connectivity index (χ1v) is 14.1. The number of dihydropyridines is 1. The van der Waals surface area contributed by atoms with Gasteiger partial charge in [-0.2, -0.15) is 0 Å². The second-order valence-electron chi connectivity index (χ2n) is 10.2. The molecule has 0 aromatic heterocycles. The standard InChI is InChI=1S/C30H36ClN5O6/c1-18-25(28(37)38)27(26(29(39)40)19(2)33-18)20-9-10-21(31)22(17-20)34-30(41)32-11-6-12-35-13-15-36(16-14-35)23-7-4-5-8-24(23)42-3/h4-5,7-10,17,27,33H,6,11-16H2,1-3H3,(H,37,38)(H,39,40)(H2,32,34,41). The number of carbonyl (C=O) groups is 3. The summed E-state index contributed by atoms with van der Waals surface area (Å²) in [6, 6.07) is 12.1. The first kappa shape index (κ1) is 30.7. The Hall–Kier alpha value is -4.22. The number of para-hydroxylation sites is 2. The molecule has 2 aromatic rings. The van der Waals surface area contributed by atoms with Crippen molar-refractivity contribution in [3.8, 4) is 5.75 Å². The summed E-state index contributed by atoms with van der Waals surface area (Å²) in [6.07, 6.45) is 0.753. The van der Waals surface area contributed by atoms with Crippen molar-refractivity contribution in [1.82, 2.24) is 15.5 Å². The SMILES string of the molecule is COc1ccccc1N1CCN(CCCNC(=O)Nc2cc(C3C(C(=O)O)=C(C)NC(C)=C3C(=O)O)ccc2Cl)CC1. The molecule has 0 saturated carbocycles. The maximum Gasteiger partial charge on any atom is 0.334 e. The molecular formula is C30H36ClN5O6. The van der Waals surface area contributed by atoms with E-state index in [2.05, 4.69) is 31.8 Å². The minimum absolute atomic E-state index is 0.0838. The Balaban J connectivity index is 1.32. The van der Waals surface area contributed by atoms with Gasteiger partial charge in [-0.15, -0.1) is 0 Å². The Kier molecular flexibility index (Phi) is 9.97. The molecule has 1 saturated heterocycles. The number of rotatable bonds is 10. The largest absolute Gasteiger partial charge is 0.495 e. The van der Waals surface area contributed by atoms with Crippen molar-refractivity contribution in [3.05, 3.63) is 75.6 Å². The number of hydrogen-bond acceptors (Lipinski definition) is 7. The zero-order chi connectivity index (χ0) is 30.4. The summed E-state index contributed by atoms with van der Waals surface area (Å²) < 4.78 is 5.49. The Morgan fingerprint density at radius 3 is 2.26 bits per heavy atom. The molecule has 2 aliphatic rings. The van der Waals surface area contributed by atoms with Crippen molar-refractivity contribution in [3.63, 3.8) is 0 Å². The molecular weight excluding hydrogens is 562 g/mol. The van der Waals surface area contributed by atoms with Crippen LogP contribution in [0.4, 0.5) is 16.2 Å². The molecule has 42 heavy (non-hydrogen) atoms. The van der Waals surface area contributed by atoms with Gasteiger partial charge in [0.25, 0.3) is 0 Å². The summed E-state index contributed by atoms with van der Waals surface area (Å²) >= 11 is 6.34. The highest BCUT2D eigenvalue weighted by molar-refractivity contribution is 6.33. The molecule has 0 bridgehead atoms. The Morgan fingerprint density at radius 2 is 1.64 bits per heavy atom. The summed E-state index contributed by atoms with van der Waals surface area (Å²) in [4.78, 5) is 41.5. The molecule has 0 radical (unpaired) electrons. The molecule has 2 heterocycles. The number of carbonyl (C=O) groups excluding carboxylic acids is 1. The second kappa shape index (κ2) is 13.6. The van der Waals surface area contributed by atoms with Gasteiger partial charge in [-0.25, -0.2) is 14.4 Å². The lowest BCUT2D eigenvalue weighted by atomic mass is 9.80. The molecule has 1 fully saturated rings.